The van der Waals surface area contributed by atoms with E-state index in [0.29, 0.717) is 5.02 Å². The number of halogens is 1. The second kappa shape index (κ2) is 5.08. The predicted molar refractivity (Wildman–Crippen MR) is 62.9 cm³/mol. The number of benzene rings is 1. The molecule has 0 unspecified atom stereocenters. The lowest BCUT2D eigenvalue weighted by atomic mass is 10.2. The Balaban J connectivity index is 2.53. The highest BCUT2D eigenvalue weighted by Gasteiger charge is 1.99. The molecule has 4 heteroatoms. The first-order valence-corrected chi connectivity index (χ1v) is 4.91. The summed E-state index contributed by atoms with van der Waals surface area (Å²) in [6.45, 7) is 1.82. The molecule has 0 amide bonds. The van der Waals surface area contributed by atoms with Gasteiger partial charge < -0.3 is 16.0 Å². The van der Waals surface area contributed by atoms with E-state index in [4.69, 9.17) is 17.3 Å². The maximum Gasteiger partial charge on any atom is 0.0589 e. The summed E-state index contributed by atoms with van der Waals surface area (Å²) in [5.41, 5.74) is 7.40. The van der Waals surface area contributed by atoms with E-state index in [-0.39, 0.29) is 0 Å². The van der Waals surface area contributed by atoms with Crippen LogP contribution in [-0.2, 0) is 0 Å². The van der Waals surface area contributed by atoms with Gasteiger partial charge in [-0.25, -0.2) is 0 Å². The molecule has 3 nitrogen and oxygen atoms in total. The van der Waals surface area contributed by atoms with Crippen molar-refractivity contribution in [1.29, 1.82) is 0 Å². The van der Waals surface area contributed by atoms with Gasteiger partial charge in [0.15, 0.2) is 0 Å². The van der Waals surface area contributed by atoms with Crippen LogP contribution in [0.4, 0.5) is 11.4 Å². The first kappa shape index (κ1) is 11.1. The Labute approximate surface area is 89.8 Å². The summed E-state index contributed by atoms with van der Waals surface area (Å²) in [5.74, 6) is 0. The van der Waals surface area contributed by atoms with Gasteiger partial charge in [0.2, 0.25) is 0 Å². The van der Waals surface area contributed by atoms with Crippen LogP contribution in [0.25, 0.3) is 0 Å². The van der Waals surface area contributed by atoms with E-state index in [1.165, 1.54) is 0 Å². The minimum Gasteiger partial charge on any atom is -0.397 e. The third-order valence-electron chi connectivity index (χ3n) is 1.89. The summed E-state index contributed by atoms with van der Waals surface area (Å²) in [6.07, 6.45) is 0. The molecule has 3 N–H and O–H groups in total. The van der Waals surface area contributed by atoms with Crippen molar-refractivity contribution in [3.63, 3.8) is 0 Å². The molecule has 14 heavy (non-hydrogen) atoms. The number of hydrogen-bond donors (Lipinski definition) is 2. The van der Waals surface area contributed by atoms with E-state index >= 15 is 0 Å². The Morgan fingerprint density at radius 1 is 1.43 bits per heavy atom. The highest BCUT2D eigenvalue weighted by atomic mass is 35.5. The van der Waals surface area contributed by atoms with Gasteiger partial charge in [-0.05, 0) is 32.3 Å². The molecule has 78 valence electrons. The smallest absolute Gasteiger partial charge is 0.0589 e. The number of hydrogen-bond acceptors (Lipinski definition) is 3. The molecule has 0 atom stereocenters. The van der Waals surface area contributed by atoms with Crippen molar-refractivity contribution in [2.75, 3.05) is 38.2 Å². The average Bonchev–Trinajstić information content (AvgIpc) is 2.10. The van der Waals surface area contributed by atoms with Crippen molar-refractivity contribution in [1.82, 2.24) is 4.90 Å². The molecule has 0 aliphatic rings. The number of nitrogens with zero attached hydrogens (tertiary/aromatic N) is 1. The molecule has 1 aromatic carbocycles. The summed E-state index contributed by atoms with van der Waals surface area (Å²) in [5, 5.41) is 3.93. The molecule has 0 fully saturated rings. The molecular formula is C10H16ClN3. The van der Waals surface area contributed by atoms with Crippen LogP contribution in [0.2, 0.25) is 5.02 Å². The fourth-order valence-electron chi connectivity index (χ4n) is 1.10. The molecule has 0 aliphatic carbocycles. The maximum atomic E-state index is 5.85. The van der Waals surface area contributed by atoms with Crippen LogP contribution in [0.15, 0.2) is 18.2 Å². The molecule has 1 rings (SSSR count). The Bertz CT molecular complexity index is 299. The van der Waals surface area contributed by atoms with Gasteiger partial charge >= 0.3 is 0 Å². The molecule has 0 saturated carbocycles. The van der Waals surface area contributed by atoms with E-state index in [9.17, 15) is 0 Å². The van der Waals surface area contributed by atoms with E-state index in [2.05, 4.69) is 10.2 Å². The molecular weight excluding hydrogens is 198 g/mol. The molecule has 0 aliphatic heterocycles. The monoisotopic (exact) mass is 213 g/mol. The van der Waals surface area contributed by atoms with E-state index in [0.717, 1.165) is 24.5 Å². The fraction of sp³-hybridized carbons (Fsp3) is 0.400. The van der Waals surface area contributed by atoms with Gasteiger partial charge in [-0.3, -0.25) is 0 Å². The lowest BCUT2D eigenvalue weighted by molar-refractivity contribution is 0.425. The number of nitrogens with two attached hydrogens (primary N) is 1. The summed E-state index contributed by atoms with van der Waals surface area (Å²) < 4.78 is 0. The van der Waals surface area contributed by atoms with Gasteiger partial charge in [0.05, 0.1) is 11.4 Å². The van der Waals surface area contributed by atoms with Gasteiger partial charge in [-0.15, -0.1) is 0 Å². The number of likely N-dealkylation sites (N-methyl/N-ethyl adjacent to an activating group) is 1. The Kier molecular flexibility index (Phi) is 4.04. The van der Waals surface area contributed by atoms with Crippen LogP contribution in [0.5, 0.6) is 0 Å². The first-order chi connectivity index (χ1) is 6.59. The van der Waals surface area contributed by atoms with Crippen molar-refractivity contribution in [2.45, 2.75) is 0 Å². The molecule has 0 aromatic heterocycles. The normalized spacial score (nSPS) is 10.6. The standard InChI is InChI=1S/C10H16ClN3/c1-14(2)6-5-13-10-7-8(11)3-4-9(10)12/h3-4,7,13H,5-6,12H2,1-2H3. The molecule has 0 saturated heterocycles. The lowest BCUT2D eigenvalue weighted by Gasteiger charge is -2.12. The second-order valence-corrected chi connectivity index (χ2v) is 3.90. The van der Waals surface area contributed by atoms with Gasteiger partial charge in [-0.1, -0.05) is 11.6 Å². The van der Waals surface area contributed by atoms with E-state index in [1.807, 2.05) is 20.2 Å². The Morgan fingerprint density at radius 2 is 2.14 bits per heavy atom. The zero-order valence-corrected chi connectivity index (χ0v) is 9.30. The van der Waals surface area contributed by atoms with Crippen molar-refractivity contribution >= 4 is 23.0 Å². The molecule has 0 heterocycles. The largest absolute Gasteiger partial charge is 0.397 e. The summed E-state index contributed by atoms with van der Waals surface area (Å²) in [4.78, 5) is 2.10. The number of nitrogen functional groups attached to an aromatic ring is 1. The molecule has 0 spiro atoms. The SMILES string of the molecule is CN(C)CCNc1cc(Cl)ccc1N. The third-order valence-corrected chi connectivity index (χ3v) is 2.12. The van der Waals surface area contributed by atoms with Crippen molar-refractivity contribution in [3.8, 4) is 0 Å². The summed E-state index contributed by atoms with van der Waals surface area (Å²) in [7, 11) is 4.06. The summed E-state index contributed by atoms with van der Waals surface area (Å²) in [6, 6.07) is 5.43. The van der Waals surface area contributed by atoms with Gasteiger partial charge in [0, 0.05) is 18.1 Å². The number of rotatable bonds is 4. The quantitative estimate of drug-likeness (QED) is 0.751. The Morgan fingerprint density at radius 3 is 2.79 bits per heavy atom. The van der Waals surface area contributed by atoms with Crippen molar-refractivity contribution in [3.05, 3.63) is 23.2 Å². The molecule has 1 aromatic rings. The van der Waals surface area contributed by atoms with E-state index < -0.39 is 0 Å². The number of anilines is 2. The first-order valence-electron chi connectivity index (χ1n) is 4.53. The van der Waals surface area contributed by atoms with Crippen molar-refractivity contribution < 1.29 is 0 Å². The van der Waals surface area contributed by atoms with E-state index in [1.54, 1.807) is 12.1 Å². The zero-order chi connectivity index (χ0) is 10.6. The molecule has 0 bridgehead atoms. The van der Waals surface area contributed by atoms with Crippen molar-refractivity contribution in [2.24, 2.45) is 0 Å². The van der Waals surface area contributed by atoms with Crippen LogP contribution in [-0.4, -0.2) is 32.1 Å². The highest BCUT2D eigenvalue weighted by molar-refractivity contribution is 6.31. The van der Waals surface area contributed by atoms with Crippen LogP contribution in [0.1, 0.15) is 0 Å². The van der Waals surface area contributed by atoms with Gasteiger partial charge in [-0.2, -0.15) is 0 Å². The van der Waals surface area contributed by atoms with Gasteiger partial charge in [0.1, 0.15) is 0 Å². The second-order valence-electron chi connectivity index (χ2n) is 3.46. The van der Waals surface area contributed by atoms with Crippen LogP contribution >= 0.6 is 11.6 Å². The van der Waals surface area contributed by atoms with Crippen LogP contribution < -0.4 is 11.1 Å². The fourth-order valence-corrected chi connectivity index (χ4v) is 1.27. The average molecular weight is 214 g/mol. The highest BCUT2D eigenvalue weighted by Crippen LogP contribution is 2.22. The topological polar surface area (TPSA) is 41.3 Å². The minimum atomic E-state index is 0.701. The minimum absolute atomic E-state index is 0.701. The molecule has 0 radical (unpaired) electrons. The lowest BCUT2D eigenvalue weighted by Crippen LogP contribution is -2.21. The maximum absolute atomic E-state index is 5.85. The van der Waals surface area contributed by atoms with Crippen LogP contribution in [0, 0.1) is 0 Å². The predicted octanol–water partition coefficient (Wildman–Crippen LogP) is 1.90. The number of nitrogens with one attached hydrogen (secondary N) is 1. The van der Waals surface area contributed by atoms with Gasteiger partial charge in [0.25, 0.3) is 0 Å². The van der Waals surface area contributed by atoms with Crippen LogP contribution in [0.3, 0.4) is 0 Å². The summed E-state index contributed by atoms with van der Waals surface area (Å²) >= 11 is 5.85. The third kappa shape index (κ3) is 3.44. The zero-order valence-electron chi connectivity index (χ0n) is 8.55. The Hall–Kier alpha value is -0.930.